The quantitative estimate of drug-likeness (QED) is 0.106. The molecular formula is C23H40O4Se. The normalized spacial score (nSPS) is 12.6. The van der Waals surface area contributed by atoms with E-state index in [1.165, 1.54) is 38.5 Å². The molecule has 0 aliphatic heterocycles. The number of carboxylic acids is 1. The third kappa shape index (κ3) is 18.3. The second-order valence-corrected chi connectivity index (χ2v) is 9.15. The molecule has 0 fully saturated rings. The molecule has 0 spiro atoms. The van der Waals surface area contributed by atoms with Gasteiger partial charge in [-0.05, 0) is 19.3 Å². The summed E-state index contributed by atoms with van der Waals surface area (Å²) in [7, 11) is 0. The monoisotopic (exact) mass is 460 g/mol. The van der Waals surface area contributed by atoms with E-state index in [1.807, 2.05) is 0 Å². The summed E-state index contributed by atoms with van der Waals surface area (Å²) in [5.74, 6) is 0.648. The van der Waals surface area contributed by atoms with Crippen molar-refractivity contribution in [2.24, 2.45) is 0 Å². The van der Waals surface area contributed by atoms with E-state index in [1.54, 1.807) is 0 Å². The molecule has 0 rings (SSSR count). The number of carbonyl (C=O) groups excluding carboxylic acids is 1. The first-order chi connectivity index (χ1) is 13.6. The summed E-state index contributed by atoms with van der Waals surface area (Å²) in [6.07, 6.45) is 21.3. The number of aliphatic carboxylic acids is 1. The van der Waals surface area contributed by atoms with Crippen LogP contribution in [-0.4, -0.2) is 38.1 Å². The van der Waals surface area contributed by atoms with Gasteiger partial charge in [-0.3, -0.25) is 0 Å². The minimum atomic E-state index is -1.03. The van der Waals surface area contributed by atoms with Gasteiger partial charge in [0.2, 0.25) is 0 Å². The van der Waals surface area contributed by atoms with Crippen molar-refractivity contribution in [3.8, 4) is 0 Å². The molecule has 28 heavy (non-hydrogen) atoms. The van der Waals surface area contributed by atoms with E-state index in [9.17, 15) is 9.59 Å². The Balaban J connectivity index is 3.54. The first-order valence-electron chi connectivity index (χ1n) is 10.8. The first kappa shape index (κ1) is 26.9. The Morgan fingerprint density at radius 3 is 2.14 bits per heavy atom. The van der Waals surface area contributed by atoms with Crippen LogP contribution in [0.2, 0.25) is 11.1 Å². The fraction of sp³-hybridized carbons (Fsp3) is 0.739. The molecule has 0 radical (unpaired) electrons. The molecule has 162 valence electrons. The van der Waals surface area contributed by atoms with E-state index in [0.717, 1.165) is 37.4 Å². The molecular weight excluding hydrogens is 419 g/mol. The number of unbranched alkanes of at least 4 members (excludes halogenated alkanes) is 8. The van der Waals surface area contributed by atoms with Crippen LogP contribution in [0.3, 0.4) is 0 Å². The Labute approximate surface area is 178 Å². The Hall–Kier alpha value is -1.06. The zero-order valence-electron chi connectivity index (χ0n) is 17.9. The van der Waals surface area contributed by atoms with Crippen LogP contribution in [0.5, 0.6) is 0 Å². The topological polar surface area (TPSA) is 63.6 Å². The van der Waals surface area contributed by atoms with Crippen LogP contribution >= 0.6 is 0 Å². The van der Waals surface area contributed by atoms with Gasteiger partial charge in [-0.15, -0.1) is 0 Å². The summed E-state index contributed by atoms with van der Waals surface area (Å²) >= 11 is 0.403. The van der Waals surface area contributed by atoms with Crippen molar-refractivity contribution in [1.82, 2.24) is 0 Å². The number of allylic oxidation sites excluding steroid dienone is 4. The molecule has 0 saturated heterocycles. The Morgan fingerprint density at radius 1 is 0.929 bits per heavy atom. The van der Waals surface area contributed by atoms with Crippen molar-refractivity contribution < 1.29 is 19.4 Å². The van der Waals surface area contributed by atoms with Crippen molar-refractivity contribution in [3.05, 3.63) is 24.3 Å². The first-order valence-corrected chi connectivity index (χ1v) is 13.8. The Bertz CT molecular complexity index is 446. The number of hydrogen-bond acceptors (Lipinski definition) is 3. The van der Waals surface area contributed by atoms with Crippen molar-refractivity contribution >= 4 is 26.9 Å². The van der Waals surface area contributed by atoms with Crippen molar-refractivity contribution in [2.75, 3.05) is 0 Å². The van der Waals surface area contributed by atoms with Gasteiger partial charge in [-0.25, -0.2) is 0 Å². The summed E-state index contributed by atoms with van der Waals surface area (Å²) in [6.45, 7) is 2.23. The van der Waals surface area contributed by atoms with Gasteiger partial charge < -0.3 is 0 Å². The maximum atomic E-state index is 11.8. The van der Waals surface area contributed by atoms with E-state index in [4.69, 9.17) is 9.84 Å². The zero-order chi connectivity index (χ0) is 20.9. The molecule has 0 amide bonds. The molecule has 0 heterocycles. The predicted molar refractivity (Wildman–Crippen MR) is 118 cm³/mol. The van der Waals surface area contributed by atoms with Gasteiger partial charge in [-0.2, -0.15) is 0 Å². The maximum absolute atomic E-state index is 11.8. The molecule has 0 aliphatic carbocycles. The summed E-state index contributed by atoms with van der Waals surface area (Å²) < 4.78 is 5.09. The SMILES string of the molecule is CCCCC/C=C/C/C=C\CCCCCCCC(=O)OC(CC[Se]C)C(=O)O. The summed E-state index contributed by atoms with van der Waals surface area (Å²) in [5, 5.41) is 9.89. The van der Waals surface area contributed by atoms with Crippen LogP contribution in [0, 0.1) is 0 Å². The predicted octanol–water partition coefficient (Wildman–Crippen LogP) is 6.36. The molecule has 0 aliphatic rings. The molecule has 0 bridgehead atoms. The zero-order valence-corrected chi connectivity index (χ0v) is 19.6. The molecule has 0 aromatic carbocycles. The van der Waals surface area contributed by atoms with Gasteiger partial charge in [0.25, 0.3) is 0 Å². The molecule has 0 saturated carbocycles. The van der Waals surface area contributed by atoms with Gasteiger partial charge >= 0.3 is 115 Å². The van der Waals surface area contributed by atoms with E-state index in [2.05, 4.69) is 37.0 Å². The van der Waals surface area contributed by atoms with Crippen LogP contribution in [-0.2, 0) is 14.3 Å². The van der Waals surface area contributed by atoms with Crippen LogP contribution < -0.4 is 0 Å². The van der Waals surface area contributed by atoms with Gasteiger partial charge in [0.1, 0.15) is 0 Å². The third-order valence-electron chi connectivity index (χ3n) is 4.46. The van der Waals surface area contributed by atoms with Crippen molar-refractivity contribution in [3.63, 3.8) is 0 Å². The van der Waals surface area contributed by atoms with E-state index >= 15 is 0 Å². The number of hydrogen-bond donors (Lipinski definition) is 1. The molecule has 4 nitrogen and oxygen atoms in total. The number of carboxylic acid groups (broad SMARTS) is 1. The Kier molecular flexibility index (Phi) is 19.9. The van der Waals surface area contributed by atoms with E-state index in [-0.39, 0.29) is 5.97 Å². The molecule has 0 aromatic heterocycles. The van der Waals surface area contributed by atoms with Crippen LogP contribution in [0.1, 0.15) is 90.4 Å². The van der Waals surface area contributed by atoms with Crippen molar-refractivity contribution in [1.29, 1.82) is 0 Å². The van der Waals surface area contributed by atoms with E-state index in [0.29, 0.717) is 27.8 Å². The molecule has 5 heteroatoms. The summed E-state index contributed by atoms with van der Waals surface area (Å²) in [5.41, 5.74) is 0. The standard InChI is InChI=1S/C23H40O4Se/c1-3-4-5-6-7-8-9-10-11-12-13-14-15-16-17-18-22(24)27-21(23(25)26)19-20-28-2/h7-8,10-11,21H,3-6,9,12-20H2,1-2H3,(H,25,26)/b8-7+,11-10-. The molecule has 0 aromatic rings. The number of rotatable bonds is 19. The summed E-state index contributed by atoms with van der Waals surface area (Å²) in [6, 6.07) is 0. The fourth-order valence-electron chi connectivity index (χ4n) is 2.76. The van der Waals surface area contributed by atoms with Gasteiger partial charge in [0.05, 0.1) is 0 Å². The summed E-state index contributed by atoms with van der Waals surface area (Å²) in [4.78, 5) is 22.8. The minimum absolute atomic E-state index is 0.325. The second-order valence-electron chi connectivity index (χ2n) is 7.08. The van der Waals surface area contributed by atoms with E-state index < -0.39 is 12.1 Å². The second kappa shape index (κ2) is 20.7. The van der Waals surface area contributed by atoms with Gasteiger partial charge in [-0.1, -0.05) is 44.1 Å². The average Bonchev–Trinajstić information content (AvgIpc) is 2.67. The fourth-order valence-corrected chi connectivity index (χ4v) is 3.70. The van der Waals surface area contributed by atoms with Crippen molar-refractivity contribution in [2.45, 2.75) is 108 Å². The van der Waals surface area contributed by atoms with Crippen LogP contribution in [0.15, 0.2) is 24.3 Å². The molecule has 1 unspecified atom stereocenters. The Morgan fingerprint density at radius 2 is 1.54 bits per heavy atom. The van der Waals surface area contributed by atoms with Gasteiger partial charge in [0, 0.05) is 0 Å². The number of ether oxygens (including phenoxy) is 1. The third-order valence-corrected chi connectivity index (χ3v) is 5.82. The molecule has 1 N–H and O–H groups in total. The van der Waals surface area contributed by atoms with Crippen LogP contribution in [0.4, 0.5) is 0 Å². The number of esters is 1. The van der Waals surface area contributed by atoms with Crippen LogP contribution in [0.25, 0.3) is 0 Å². The van der Waals surface area contributed by atoms with Gasteiger partial charge in [0.15, 0.2) is 0 Å². The molecule has 1 atom stereocenters. The average molecular weight is 460 g/mol. The number of carbonyl (C=O) groups is 2.